The lowest BCUT2D eigenvalue weighted by Gasteiger charge is -2.32. The highest BCUT2D eigenvalue weighted by Crippen LogP contribution is 2.31. The molecule has 4 heteroatoms. The van der Waals surface area contributed by atoms with E-state index in [1.807, 2.05) is 23.6 Å². The number of hydrogen-bond acceptors (Lipinski definition) is 4. The van der Waals surface area contributed by atoms with Crippen LogP contribution < -0.4 is 5.32 Å². The first kappa shape index (κ1) is 14.4. The maximum Gasteiger partial charge on any atom is 0.145 e. The van der Waals surface area contributed by atoms with Gasteiger partial charge in [0.1, 0.15) is 10.8 Å². The van der Waals surface area contributed by atoms with Crippen molar-refractivity contribution in [3.8, 4) is 11.3 Å². The number of nitrogens with one attached hydrogen (secondary N) is 1. The molecule has 0 spiro atoms. The van der Waals surface area contributed by atoms with Crippen LogP contribution >= 0.6 is 11.3 Å². The Bertz CT molecular complexity index is 615. The number of aromatic nitrogens is 1. The van der Waals surface area contributed by atoms with Gasteiger partial charge in [-0.1, -0.05) is 37.3 Å². The highest BCUT2D eigenvalue weighted by Gasteiger charge is 2.34. The summed E-state index contributed by atoms with van der Waals surface area (Å²) in [5, 5.41) is 6.29. The van der Waals surface area contributed by atoms with E-state index in [1.54, 1.807) is 11.3 Å². The van der Waals surface area contributed by atoms with Crippen LogP contribution in [-0.4, -0.2) is 23.9 Å². The van der Waals surface area contributed by atoms with Crippen LogP contribution in [0.15, 0.2) is 35.7 Å². The number of nitrogens with zero attached hydrogens (tertiary/aromatic N) is 1. The normalized spacial score (nSPS) is 17.6. The molecule has 0 saturated carbocycles. The van der Waals surface area contributed by atoms with E-state index in [-0.39, 0.29) is 5.41 Å². The molecular weight excluding hydrogens is 280 g/mol. The molecule has 2 aromatic rings. The largest absolute Gasteiger partial charge is 0.317 e. The Morgan fingerprint density at radius 3 is 2.71 bits per heavy atom. The number of thiazole rings is 1. The first-order chi connectivity index (χ1) is 10.2. The van der Waals surface area contributed by atoms with Gasteiger partial charge in [0.2, 0.25) is 0 Å². The van der Waals surface area contributed by atoms with Crippen LogP contribution in [0.25, 0.3) is 11.3 Å². The molecule has 1 fully saturated rings. The Morgan fingerprint density at radius 2 is 2.00 bits per heavy atom. The number of benzene rings is 1. The van der Waals surface area contributed by atoms with E-state index in [9.17, 15) is 4.79 Å². The average molecular weight is 300 g/mol. The number of piperidine rings is 1. The summed E-state index contributed by atoms with van der Waals surface area (Å²) in [7, 11) is 0. The van der Waals surface area contributed by atoms with Crippen molar-refractivity contribution in [1.82, 2.24) is 10.3 Å². The van der Waals surface area contributed by atoms with Crippen LogP contribution in [0.1, 0.15) is 24.8 Å². The van der Waals surface area contributed by atoms with Crippen LogP contribution in [0.2, 0.25) is 0 Å². The second kappa shape index (κ2) is 6.08. The van der Waals surface area contributed by atoms with Crippen LogP contribution in [0.5, 0.6) is 0 Å². The summed E-state index contributed by atoms with van der Waals surface area (Å²) in [5.41, 5.74) is 1.91. The van der Waals surface area contributed by atoms with Crippen LogP contribution in [0.4, 0.5) is 0 Å². The minimum Gasteiger partial charge on any atom is -0.317 e. The highest BCUT2D eigenvalue weighted by molar-refractivity contribution is 7.10. The zero-order chi connectivity index (χ0) is 14.7. The maximum atomic E-state index is 12.6. The van der Waals surface area contributed by atoms with Gasteiger partial charge in [-0.2, -0.15) is 0 Å². The molecule has 1 aliphatic rings. The van der Waals surface area contributed by atoms with E-state index in [1.165, 1.54) is 0 Å². The summed E-state index contributed by atoms with van der Waals surface area (Å²) >= 11 is 1.59. The fourth-order valence-corrected chi connectivity index (χ4v) is 3.54. The maximum absolute atomic E-state index is 12.6. The van der Waals surface area contributed by atoms with Crippen molar-refractivity contribution < 1.29 is 4.79 Å². The van der Waals surface area contributed by atoms with Crippen LogP contribution in [0, 0.1) is 5.41 Å². The van der Waals surface area contributed by atoms with E-state index >= 15 is 0 Å². The molecule has 0 bridgehead atoms. The Kier molecular flexibility index (Phi) is 4.17. The number of carbonyl (C=O) groups is 1. The van der Waals surface area contributed by atoms with Gasteiger partial charge < -0.3 is 5.32 Å². The molecule has 1 N–H and O–H groups in total. The van der Waals surface area contributed by atoms with E-state index < -0.39 is 0 Å². The van der Waals surface area contributed by atoms with E-state index in [4.69, 9.17) is 0 Å². The van der Waals surface area contributed by atoms with E-state index in [2.05, 4.69) is 29.4 Å². The summed E-state index contributed by atoms with van der Waals surface area (Å²) in [5.74, 6) is 0.331. The molecule has 2 heterocycles. The Morgan fingerprint density at radius 1 is 1.29 bits per heavy atom. The third kappa shape index (κ3) is 3.22. The molecular formula is C17H20N2OS. The summed E-state index contributed by atoms with van der Waals surface area (Å²) in [6.07, 6.45) is 2.33. The topological polar surface area (TPSA) is 42.0 Å². The quantitative estimate of drug-likeness (QED) is 0.942. The zero-order valence-corrected chi connectivity index (χ0v) is 13.1. The monoisotopic (exact) mass is 300 g/mol. The van der Waals surface area contributed by atoms with Gasteiger partial charge in [-0.25, -0.2) is 4.98 Å². The number of rotatable bonds is 4. The minimum absolute atomic E-state index is 0.177. The second-order valence-electron chi connectivity index (χ2n) is 5.90. The molecule has 21 heavy (non-hydrogen) atoms. The molecule has 0 aliphatic carbocycles. The standard InChI is InChI=1S/C17H20N2OS/c1-17(7-9-18-10-8-17)15(20)11-16-19-14(12-21-16)13-5-3-2-4-6-13/h2-6,12,18H,7-11H2,1H3. The fraction of sp³-hybridized carbons (Fsp3) is 0.412. The van der Waals surface area contributed by atoms with Crippen molar-refractivity contribution >= 4 is 17.1 Å². The Hall–Kier alpha value is -1.52. The summed E-state index contributed by atoms with van der Waals surface area (Å²) in [4.78, 5) is 17.2. The molecule has 0 unspecified atom stereocenters. The molecule has 3 rings (SSSR count). The number of hydrogen-bond donors (Lipinski definition) is 1. The molecule has 1 aromatic heterocycles. The van der Waals surface area contributed by atoms with Crippen molar-refractivity contribution in [3.63, 3.8) is 0 Å². The van der Waals surface area contributed by atoms with Crippen molar-refractivity contribution in [3.05, 3.63) is 40.7 Å². The summed E-state index contributed by atoms with van der Waals surface area (Å²) < 4.78 is 0. The predicted molar refractivity (Wildman–Crippen MR) is 86.5 cm³/mol. The van der Waals surface area contributed by atoms with Crippen molar-refractivity contribution in [2.24, 2.45) is 5.41 Å². The van der Waals surface area contributed by atoms with Crippen molar-refractivity contribution in [1.29, 1.82) is 0 Å². The van der Waals surface area contributed by atoms with Gasteiger partial charge in [0.05, 0.1) is 12.1 Å². The summed E-state index contributed by atoms with van der Waals surface area (Å²) in [6.45, 7) is 3.98. The van der Waals surface area contributed by atoms with Gasteiger partial charge in [0.15, 0.2) is 0 Å². The Labute approximate surface area is 129 Å². The smallest absolute Gasteiger partial charge is 0.145 e. The number of Topliss-reactive ketones (excluding diaryl/α,β-unsaturated/α-hetero) is 1. The molecule has 1 aliphatic heterocycles. The average Bonchev–Trinajstić information content (AvgIpc) is 2.97. The van der Waals surface area contributed by atoms with Crippen LogP contribution in [0.3, 0.4) is 0 Å². The molecule has 3 nitrogen and oxygen atoms in total. The number of ketones is 1. The van der Waals surface area contributed by atoms with Crippen molar-refractivity contribution in [2.75, 3.05) is 13.1 Å². The molecule has 110 valence electrons. The molecule has 0 atom stereocenters. The van der Waals surface area contributed by atoms with Gasteiger partial charge in [-0.05, 0) is 25.9 Å². The lowest BCUT2D eigenvalue weighted by Crippen LogP contribution is -2.40. The van der Waals surface area contributed by atoms with Crippen molar-refractivity contribution in [2.45, 2.75) is 26.2 Å². The highest BCUT2D eigenvalue weighted by atomic mass is 32.1. The molecule has 1 saturated heterocycles. The van der Waals surface area contributed by atoms with Gasteiger partial charge in [0.25, 0.3) is 0 Å². The SMILES string of the molecule is CC1(C(=O)Cc2nc(-c3ccccc3)cs2)CCNCC1. The third-order valence-electron chi connectivity index (χ3n) is 4.31. The fourth-order valence-electron chi connectivity index (χ4n) is 2.74. The Balaban J connectivity index is 1.71. The van der Waals surface area contributed by atoms with Gasteiger partial charge >= 0.3 is 0 Å². The first-order valence-electron chi connectivity index (χ1n) is 7.41. The predicted octanol–water partition coefficient (Wildman–Crippen LogP) is 3.31. The van der Waals surface area contributed by atoms with Gasteiger partial charge in [-0.3, -0.25) is 4.79 Å². The minimum atomic E-state index is -0.177. The lowest BCUT2D eigenvalue weighted by atomic mass is 9.76. The third-order valence-corrected chi connectivity index (χ3v) is 5.16. The molecule has 0 amide bonds. The molecule has 1 aromatic carbocycles. The molecule has 0 radical (unpaired) electrons. The van der Waals surface area contributed by atoms with Gasteiger partial charge in [0, 0.05) is 16.4 Å². The summed E-state index contributed by atoms with van der Waals surface area (Å²) in [6, 6.07) is 10.1. The van der Waals surface area contributed by atoms with Crippen LogP contribution in [-0.2, 0) is 11.2 Å². The van der Waals surface area contributed by atoms with E-state index in [0.29, 0.717) is 12.2 Å². The number of carbonyl (C=O) groups excluding carboxylic acids is 1. The lowest BCUT2D eigenvalue weighted by molar-refractivity contribution is -0.128. The second-order valence-corrected chi connectivity index (χ2v) is 6.85. The van der Waals surface area contributed by atoms with Gasteiger partial charge in [-0.15, -0.1) is 11.3 Å². The zero-order valence-electron chi connectivity index (χ0n) is 12.3. The van der Waals surface area contributed by atoms with E-state index in [0.717, 1.165) is 42.2 Å². The first-order valence-corrected chi connectivity index (χ1v) is 8.29.